The Labute approximate surface area is 129 Å². The fourth-order valence-electron chi connectivity index (χ4n) is 2.78. The fourth-order valence-corrected chi connectivity index (χ4v) is 2.78. The molecule has 1 aliphatic rings. The average Bonchev–Trinajstić information content (AvgIpc) is 3.04. The zero-order chi connectivity index (χ0) is 15.4. The Morgan fingerprint density at radius 3 is 2.55 bits per heavy atom. The van der Waals surface area contributed by atoms with Gasteiger partial charge in [0.25, 0.3) is 0 Å². The second-order valence-electron chi connectivity index (χ2n) is 5.40. The molecule has 112 valence electrons. The molecule has 0 amide bonds. The quantitative estimate of drug-likeness (QED) is 0.783. The van der Waals surface area contributed by atoms with E-state index in [1.165, 1.54) is 12.1 Å². The molecule has 1 aliphatic carbocycles. The van der Waals surface area contributed by atoms with E-state index in [2.05, 4.69) is 0 Å². The van der Waals surface area contributed by atoms with Crippen LogP contribution in [0.4, 0.5) is 4.39 Å². The van der Waals surface area contributed by atoms with Crippen molar-refractivity contribution in [1.82, 2.24) is 0 Å². The summed E-state index contributed by atoms with van der Waals surface area (Å²) in [5.41, 5.74) is 2.61. The number of esters is 1. The molecule has 0 aromatic heterocycles. The number of hydrogen-bond acceptors (Lipinski definition) is 2. The molecule has 2 nitrogen and oxygen atoms in total. The van der Waals surface area contributed by atoms with Crippen molar-refractivity contribution in [2.24, 2.45) is 0 Å². The van der Waals surface area contributed by atoms with Crippen molar-refractivity contribution >= 4 is 5.97 Å². The molecule has 0 heterocycles. The van der Waals surface area contributed by atoms with Crippen LogP contribution in [0.3, 0.4) is 0 Å². The first-order chi connectivity index (χ1) is 10.7. The van der Waals surface area contributed by atoms with Crippen LogP contribution in [0, 0.1) is 5.82 Å². The molecule has 0 bridgehead atoms. The van der Waals surface area contributed by atoms with Gasteiger partial charge in [-0.15, -0.1) is 0 Å². The lowest BCUT2D eigenvalue weighted by atomic mass is 9.92. The van der Waals surface area contributed by atoms with E-state index in [0.717, 1.165) is 24.0 Å². The van der Waals surface area contributed by atoms with E-state index in [-0.39, 0.29) is 24.3 Å². The Hall–Kier alpha value is -2.42. The van der Waals surface area contributed by atoms with Crippen LogP contribution < -0.4 is 0 Å². The molecule has 0 spiro atoms. The predicted octanol–water partition coefficient (Wildman–Crippen LogP) is 4.37. The minimum atomic E-state index is -0.282. The van der Waals surface area contributed by atoms with Gasteiger partial charge in [-0.2, -0.15) is 0 Å². The molecule has 0 N–H and O–H groups in total. The lowest BCUT2D eigenvalue weighted by molar-refractivity contribution is -0.140. The van der Waals surface area contributed by atoms with Gasteiger partial charge in [0.05, 0.1) is 0 Å². The zero-order valence-corrected chi connectivity index (χ0v) is 12.2. The van der Waals surface area contributed by atoms with Gasteiger partial charge in [-0.1, -0.05) is 48.5 Å². The summed E-state index contributed by atoms with van der Waals surface area (Å²) in [5, 5.41) is 0. The highest BCUT2D eigenvalue weighted by molar-refractivity contribution is 5.90. The van der Waals surface area contributed by atoms with Gasteiger partial charge in [0, 0.05) is 11.5 Å². The van der Waals surface area contributed by atoms with Crippen LogP contribution >= 0.6 is 0 Å². The highest BCUT2D eigenvalue weighted by atomic mass is 19.1. The number of hydrogen-bond donors (Lipinski definition) is 0. The smallest absolute Gasteiger partial charge is 0.334 e. The lowest BCUT2D eigenvalue weighted by Crippen LogP contribution is -2.12. The molecule has 1 unspecified atom stereocenters. The molecule has 3 rings (SSSR count). The second kappa shape index (κ2) is 6.56. The minimum Gasteiger partial charge on any atom is -0.457 e. The van der Waals surface area contributed by atoms with E-state index in [0.29, 0.717) is 5.57 Å². The van der Waals surface area contributed by atoms with Crippen molar-refractivity contribution < 1.29 is 13.9 Å². The summed E-state index contributed by atoms with van der Waals surface area (Å²) in [5.74, 6) is -0.543. The number of halogens is 1. The van der Waals surface area contributed by atoms with Crippen LogP contribution in [0.15, 0.2) is 66.2 Å². The number of benzene rings is 2. The maximum absolute atomic E-state index is 13.0. The van der Waals surface area contributed by atoms with Crippen molar-refractivity contribution in [2.45, 2.75) is 25.4 Å². The number of carbonyl (C=O) groups excluding carboxylic acids is 1. The summed E-state index contributed by atoms with van der Waals surface area (Å²) in [6.07, 6.45) is 3.64. The lowest BCUT2D eigenvalue weighted by Gasteiger charge is -2.15. The molecule has 1 atom stereocenters. The van der Waals surface area contributed by atoms with Gasteiger partial charge >= 0.3 is 5.97 Å². The molecular formula is C19H17FO2. The molecule has 3 heteroatoms. The summed E-state index contributed by atoms with van der Waals surface area (Å²) in [6, 6.07) is 15.9. The van der Waals surface area contributed by atoms with Gasteiger partial charge in [0.1, 0.15) is 12.4 Å². The fraction of sp³-hybridized carbons (Fsp3) is 0.211. The molecular weight excluding hydrogens is 279 g/mol. The Balaban J connectivity index is 1.67. The maximum atomic E-state index is 13.0. The molecule has 0 aliphatic heterocycles. The molecule has 2 aromatic rings. The summed E-state index contributed by atoms with van der Waals surface area (Å²) in [6.45, 7) is 0.271. The first-order valence-corrected chi connectivity index (χ1v) is 7.40. The van der Waals surface area contributed by atoms with Crippen LogP contribution in [0.5, 0.6) is 0 Å². The van der Waals surface area contributed by atoms with Gasteiger partial charge in [-0.3, -0.25) is 0 Å². The van der Waals surface area contributed by atoms with E-state index in [9.17, 15) is 9.18 Å². The largest absolute Gasteiger partial charge is 0.457 e. The van der Waals surface area contributed by atoms with Crippen molar-refractivity contribution in [3.8, 4) is 0 Å². The Kier molecular flexibility index (Phi) is 4.33. The number of rotatable bonds is 4. The Morgan fingerprint density at radius 1 is 1.09 bits per heavy atom. The number of allylic oxidation sites excluding steroid dienone is 1. The maximum Gasteiger partial charge on any atom is 0.334 e. The number of ether oxygens (including phenoxy) is 1. The zero-order valence-electron chi connectivity index (χ0n) is 12.2. The van der Waals surface area contributed by atoms with E-state index < -0.39 is 0 Å². The molecule has 0 radical (unpaired) electrons. The summed E-state index contributed by atoms with van der Waals surface area (Å²) < 4.78 is 18.4. The predicted molar refractivity (Wildman–Crippen MR) is 82.7 cm³/mol. The van der Waals surface area contributed by atoms with Crippen LogP contribution in [0.25, 0.3) is 0 Å². The van der Waals surface area contributed by atoms with Gasteiger partial charge in [0.2, 0.25) is 0 Å². The first kappa shape index (κ1) is 14.5. The van der Waals surface area contributed by atoms with Gasteiger partial charge in [-0.05, 0) is 36.1 Å². The van der Waals surface area contributed by atoms with E-state index in [4.69, 9.17) is 4.74 Å². The van der Waals surface area contributed by atoms with Crippen molar-refractivity contribution in [1.29, 1.82) is 0 Å². The molecule has 0 saturated carbocycles. The van der Waals surface area contributed by atoms with Gasteiger partial charge < -0.3 is 4.74 Å². The normalized spacial score (nSPS) is 17.1. The second-order valence-corrected chi connectivity index (χ2v) is 5.40. The van der Waals surface area contributed by atoms with E-state index >= 15 is 0 Å². The summed E-state index contributed by atoms with van der Waals surface area (Å²) in [4.78, 5) is 12.3. The van der Waals surface area contributed by atoms with Crippen LogP contribution in [-0.2, 0) is 16.1 Å². The van der Waals surface area contributed by atoms with Gasteiger partial charge in [0.15, 0.2) is 0 Å². The van der Waals surface area contributed by atoms with Crippen LogP contribution in [0.1, 0.15) is 29.9 Å². The summed E-state index contributed by atoms with van der Waals surface area (Å²) >= 11 is 0. The highest BCUT2D eigenvalue weighted by Gasteiger charge is 2.27. The van der Waals surface area contributed by atoms with Crippen LogP contribution in [-0.4, -0.2) is 5.97 Å². The van der Waals surface area contributed by atoms with Crippen molar-refractivity contribution in [2.75, 3.05) is 0 Å². The topological polar surface area (TPSA) is 26.3 Å². The number of carbonyl (C=O) groups is 1. The molecule has 2 aromatic carbocycles. The third kappa shape index (κ3) is 3.25. The average molecular weight is 296 g/mol. The van der Waals surface area contributed by atoms with E-state index in [1.54, 1.807) is 12.1 Å². The Morgan fingerprint density at radius 2 is 1.82 bits per heavy atom. The minimum absolute atomic E-state index is 0.00359. The standard InChI is InChI=1S/C19H17FO2/c20-16-11-9-15(10-12-16)17-7-4-8-18(17)19(21)22-13-14-5-2-1-3-6-14/h1-3,5-6,8-12,17H,4,7,13H2. The highest BCUT2D eigenvalue weighted by Crippen LogP contribution is 2.35. The third-order valence-electron chi connectivity index (χ3n) is 3.92. The summed E-state index contributed by atoms with van der Waals surface area (Å²) in [7, 11) is 0. The molecule has 0 saturated heterocycles. The van der Waals surface area contributed by atoms with Crippen molar-refractivity contribution in [3.63, 3.8) is 0 Å². The SMILES string of the molecule is O=C(OCc1ccccc1)C1=CCCC1c1ccc(F)cc1. The van der Waals surface area contributed by atoms with Gasteiger partial charge in [-0.25, -0.2) is 9.18 Å². The first-order valence-electron chi connectivity index (χ1n) is 7.40. The van der Waals surface area contributed by atoms with E-state index in [1.807, 2.05) is 36.4 Å². The Bertz CT molecular complexity index is 674. The van der Waals surface area contributed by atoms with Crippen molar-refractivity contribution in [3.05, 3.63) is 83.2 Å². The van der Waals surface area contributed by atoms with Crippen LogP contribution in [0.2, 0.25) is 0 Å². The monoisotopic (exact) mass is 296 g/mol. The third-order valence-corrected chi connectivity index (χ3v) is 3.92. The molecule has 0 fully saturated rings. The molecule has 22 heavy (non-hydrogen) atoms.